The van der Waals surface area contributed by atoms with Gasteiger partial charge in [0, 0.05) is 12.1 Å². The Morgan fingerprint density at radius 2 is 1.39 bits per heavy atom. The van der Waals surface area contributed by atoms with Crippen molar-refractivity contribution >= 4 is 5.69 Å². The van der Waals surface area contributed by atoms with E-state index >= 15 is 0 Å². The minimum Gasteiger partial charge on any atom is -0.494 e. The lowest BCUT2D eigenvalue weighted by atomic mass is 10.2. The Morgan fingerprint density at radius 3 is 1.89 bits per heavy atom. The summed E-state index contributed by atoms with van der Waals surface area (Å²) in [4.78, 5) is 0. The highest BCUT2D eigenvalue weighted by molar-refractivity contribution is 5.66. The molecule has 4 nitrogen and oxygen atoms in total. The Hall–Kier alpha value is -2.36. The van der Waals surface area contributed by atoms with E-state index in [9.17, 15) is 0 Å². The average molecular weight is 245 g/mol. The summed E-state index contributed by atoms with van der Waals surface area (Å²) in [6, 6.07) is 12.9. The van der Waals surface area contributed by atoms with Gasteiger partial charge in [-0.25, -0.2) is 0 Å². The Bertz CT molecular complexity index is 501. The fraction of sp³-hybridized carbons (Fsp3) is 0.143. The molecular weight excluding hydrogens is 230 g/mol. The van der Waals surface area contributed by atoms with Gasteiger partial charge in [-0.1, -0.05) is 18.2 Å². The Morgan fingerprint density at radius 1 is 0.833 bits per heavy atom. The third kappa shape index (κ3) is 2.48. The van der Waals surface area contributed by atoms with E-state index in [2.05, 4.69) is 0 Å². The van der Waals surface area contributed by atoms with Gasteiger partial charge in [-0.2, -0.15) is 0 Å². The largest absolute Gasteiger partial charge is 0.494 e. The molecule has 0 radical (unpaired) electrons. The summed E-state index contributed by atoms with van der Waals surface area (Å²) in [5, 5.41) is 0. The molecule has 0 aliphatic carbocycles. The normalized spacial score (nSPS) is 9.89. The van der Waals surface area contributed by atoms with Crippen LogP contribution in [0.15, 0.2) is 42.5 Å². The fourth-order valence-corrected chi connectivity index (χ4v) is 1.60. The standard InChI is InChI=1S/C14H15NO3/c1-16-12-8-11(9-13(17-2)14(12)15)18-10-6-4-3-5-7-10/h3-9H,15H2,1-2H3. The van der Waals surface area contributed by atoms with Crippen molar-refractivity contribution < 1.29 is 14.2 Å². The van der Waals surface area contributed by atoms with Crippen LogP contribution in [0.2, 0.25) is 0 Å². The summed E-state index contributed by atoms with van der Waals surface area (Å²) in [5.74, 6) is 2.41. The predicted octanol–water partition coefficient (Wildman–Crippen LogP) is 3.08. The van der Waals surface area contributed by atoms with E-state index < -0.39 is 0 Å². The molecular formula is C14H15NO3. The molecule has 0 bridgehead atoms. The highest BCUT2D eigenvalue weighted by Crippen LogP contribution is 2.37. The number of nitrogens with two attached hydrogens (primary N) is 1. The number of rotatable bonds is 4. The molecule has 0 saturated carbocycles. The number of hydrogen-bond donors (Lipinski definition) is 1. The van der Waals surface area contributed by atoms with E-state index in [-0.39, 0.29) is 0 Å². The Labute approximate surface area is 106 Å². The Balaban J connectivity index is 2.34. The van der Waals surface area contributed by atoms with Crippen molar-refractivity contribution in [2.24, 2.45) is 0 Å². The first kappa shape index (κ1) is 12.1. The monoisotopic (exact) mass is 245 g/mol. The highest BCUT2D eigenvalue weighted by atomic mass is 16.5. The van der Waals surface area contributed by atoms with Gasteiger partial charge in [0.15, 0.2) is 0 Å². The third-order valence-corrected chi connectivity index (χ3v) is 2.50. The van der Waals surface area contributed by atoms with Crippen LogP contribution in [0.5, 0.6) is 23.0 Å². The van der Waals surface area contributed by atoms with Crippen LogP contribution in [0.25, 0.3) is 0 Å². The summed E-state index contributed by atoms with van der Waals surface area (Å²) in [7, 11) is 3.11. The van der Waals surface area contributed by atoms with Gasteiger partial charge in [-0.05, 0) is 12.1 Å². The number of anilines is 1. The number of nitrogen functional groups attached to an aromatic ring is 1. The smallest absolute Gasteiger partial charge is 0.149 e. The minimum atomic E-state index is 0.459. The summed E-state index contributed by atoms with van der Waals surface area (Å²) in [6.07, 6.45) is 0. The second-order valence-corrected chi connectivity index (χ2v) is 3.66. The molecule has 0 aromatic heterocycles. The molecule has 2 rings (SSSR count). The van der Waals surface area contributed by atoms with Gasteiger partial charge in [0.25, 0.3) is 0 Å². The van der Waals surface area contributed by atoms with Crippen LogP contribution in [-0.2, 0) is 0 Å². The molecule has 18 heavy (non-hydrogen) atoms. The molecule has 4 heteroatoms. The zero-order valence-electron chi connectivity index (χ0n) is 10.3. The topological polar surface area (TPSA) is 53.7 Å². The van der Waals surface area contributed by atoms with E-state index in [1.807, 2.05) is 30.3 Å². The van der Waals surface area contributed by atoms with Crippen LogP contribution in [0, 0.1) is 0 Å². The summed E-state index contributed by atoms with van der Waals surface area (Å²) in [5.41, 5.74) is 6.32. The van der Waals surface area contributed by atoms with Crippen molar-refractivity contribution in [3.8, 4) is 23.0 Å². The lowest BCUT2D eigenvalue weighted by molar-refractivity contribution is 0.390. The molecule has 0 fully saturated rings. The van der Waals surface area contributed by atoms with Crippen molar-refractivity contribution in [3.63, 3.8) is 0 Å². The maximum atomic E-state index is 5.86. The first-order chi connectivity index (χ1) is 8.74. The van der Waals surface area contributed by atoms with Crippen LogP contribution in [0.3, 0.4) is 0 Å². The maximum Gasteiger partial charge on any atom is 0.149 e. The van der Waals surface area contributed by atoms with Gasteiger partial charge in [0.2, 0.25) is 0 Å². The summed E-state index contributed by atoms with van der Waals surface area (Å²) in [6.45, 7) is 0. The number of ether oxygens (including phenoxy) is 3. The zero-order chi connectivity index (χ0) is 13.0. The molecule has 0 spiro atoms. The molecule has 0 amide bonds. The Kier molecular flexibility index (Phi) is 3.57. The second-order valence-electron chi connectivity index (χ2n) is 3.66. The van der Waals surface area contributed by atoms with Gasteiger partial charge in [0.1, 0.15) is 28.7 Å². The molecule has 2 N–H and O–H groups in total. The maximum absolute atomic E-state index is 5.86. The lowest BCUT2D eigenvalue weighted by Crippen LogP contribution is -1.97. The first-order valence-electron chi connectivity index (χ1n) is 5.49. The molecule has 0 heterocycles. The number of methoxy groups -OCH3 is 2. The van der Waals surface area contributed by atoms with Crippen LogP contribution in [0.1, 0.15) is 0 Å². The molecule has 2 aromatic rings. The van der Waals surface area contributed by atoms with Crippen molar-refractivity contribution in [1.29, 1.82) is 0 Å². The SMILES string of the molecule is COc1cc(Oc2ccccc2)cc(OC)c1N. The fourth-order valence-electron chi connectivity index (χ4n) is 1.60. The van der Waals surface area contributed by atoms with E-state index in [0.717, 1.165) is 5.75 Å². The molecule has 0 saturated heterocycles. The quantitative estimate of drug-likeness (QED) is 0.841. The van der Waals surface area contributed by atoms with Crippen LogP contribution >= 0.6 is 0 Å². The second kappa shape index (κ2) is 5.31. The van der Waals surface area contributed by atoms with Crippen molar-refractivity contribution in [2.45, 2.75) is 0 Å². The molecule has 0 aliphatic rings. The van der Waals surface area contributed by atoms with Gasteiger partial charge in [-0.3, -0.25) is 0 Å². The van der Waals surface area contributed by atoms with Crippen LogP contribution in [-0.4, -0.2) is 14.2 Å². The number of para-hydroxylation sites is 1. The van der Waals surface area contributed by atoms with Crippen LogP contribution < -0.4 is 19.9 Å². The first-order valence-corrected chi connectivity index (χ1v) is 5.49. The predicted molar refractivity (Wildman–Crippen MR) is 70.5 cm³/mol. The highest BCUT2D eigenvalue weighted by Gasteiger charge is 2.10. The van der Waals surface area contributed by atoms with Gasteiger partial charge < -0.3 is 19.9 Å². The van der Waals surface area contributed by atoms with E-state index in [1.165, 1.54) is 0 Å². The number of benzene rings is 2. The lowest BCUT2D eigenvalue weighted by Gasteiger charge is -2.12. The molecule has 0 aliphatic heterocycles. The van der Waals surface area contributed by atoms with Gasteiger partial charge >= 0.3 is 0 Å². The number of hydrogen-bond acceptors (Lipinski definition) is 4. The summed E-state index contributed by atoms with van der Waals surface area (Å²) < 4.78 is 16.1. The van der Waals surface area contributed by atoms with E-state index in [1.54, 1.807) is 26.4 Å². The average Bonchev–Trinajstić information content (AvgIpc) is 2.41. The van der Waals surface area contributed by atoms with Gasteiger partial charge in [-0.15, -0.1) is 0 Å². The molecule has 2 aromatic carbocycles. The van der Waals surface area contributed by atoms with Gasteiger partial charge in [0.05, 0.1) is 14.2 Å². The molecule has 0 atom stereocenters. The van der Waals surface area contributed by atoms with E-state index in [0.29, 0.717) is 22.9 Å². The molecule has 0 unspecified atom stereocenters. The zero-order valence-corrected chi connectivity index (χ0v) is 10.3. The van der Waals surface area contributed by atoms with E-state index in [4.69, 9.17) is 19.9 Å². The van der Waals surface area contributed by atoms with Crippen molar-refractivity contribution in [1.82, 2.24) is 0 Å². The minimum absolute atomic E-state index is 0.459. The molecule has 94 valence electrons. The van der Waals surface area contributed by atoms with Crippen molar-refractivity contribution in [3.05, 3.63) is 42.5 Å². The summed E-state index contributed by atoms with van der Waals surface area (Å²) >= 11 is 0. The third-order valence-electron chi connectivity index (χ3n) is 2.50. The van der Waals surface area contributed by atoms with Crippen molar-refractivity contribution in [2.75, 3.05) is 20.0 Å². The van der Waals surface area contributed by atoms with Crippen LogP contribution in [0.4, 0.5) is 5.69 Å².